The van der Waals surface area contributed by atoms with E-state index < -0.39 is 0 Å². The molecule has 1 amide bonds. The molecule has 0 atom stereocenters. The fraction of sp³-hybridized carbons (Fsp3) is 0.158. The molecule has 4 rings (SSSR count). The molecule has 142 valence electrons. The summed E-state index contributed by atoms with van der Waals surface area (Å²) in [5, 5.41) is 10.5. The topological polar surface area (TPSA) is 119 Å². The van der Waals surface area contributed by atoms with Crippen molar-refractivity contribution in [2.75, 3.05) is 11.1 Å². The molecule has 0 aliphatic heterocycles. The maximum absolute atomic E-state index is 12.7. The van der Waals surface area contributed by atoms with Crippen LogP contribution in [0.25, 0.3) is 10.2 Å². The number of thiophene rings is 1. The monoisotopic (exact) mass is 394 g/mol. The number of rotatable bonds is 4. The lowest BCUT2D eigenvalue weighted by Gasteiger charge is -2.06. The molecule has 8 nitrogen and oxygen atoms in total. The van der Waals surface area contributed by atoms with Crippen LogP contribution in [0.4, 0.5) is 11.5 Å². The Morgan fingerprint density at radius 3 is 2.61 bits per heavy atom. The van der Waals surface area contributed by atoms with Gasteiger partial charge in [-0.1, -0.05) is 0 Å². The highest BCUT2D eigenvalue weighted by Crippen LogP contribution is 2.33. The van der Waals surface area contributed by atoms with Crippen molar-refractivity contribution in [3.05, 3.63) is 52.3 Å². The summed E-state index contributed by atoms with van der Waals surface area (Å²) in [6, 6.07) is 8.88. The Bertz CT molecular complexity index is 1180. The number of H-pyrrole nitrogens is 1. The van der Waals surface area contributed by atoms with Crippen LogP contribution in [0.2, 0.25) is 0 Å². The van der Waals surface area contributed by atoms with E-state index in [1.807, 2.05) is 13.8 Å². The van der Waals surface area contributed by atoms with Gasteiger partial charge < -0.3 is 15.8 Å². The highest BCUT2D eigenvalue weighted by molar-refractivity contribution is 7.20. The number of anilines is 2. The quantitative estimate of drug-likeness (QED) is 0.482. The second kappa shape index (κ2) is 6.93. The van der Waals surface area contributed by atoms with Gasteiger partial charge in [0.15, 0.2) is 0 Å². The second-order valence-electron chi connectivity index (χ2n) is 6.36. The molecule has 28 heavy (non-hydrogen) atoms. The molecule has 4 N–H and O–H groups in total. The van der Waals surface area contributed by atoms with Crippen LogP contribution in [0, 0.1) is 20.8 Å². The molecule has 3 aromatic heterocycles. The fourth-order valence-corrected chi connectivity index (χ4v) is 3.99. The lowest BCUT2D eigenvalue weighted by Crippen LogP contribution is -2.11. The Morgan fingerprint density at radius 2 is 1.93 bits per heavy atom. The molecule has 0 spiro atoms. The molecule has 3 heterocycles. The smallest absolute Gasteiger partial charge is 0.266 e. The Balaban J connectivity index is 1.53. The van der Waals surface area contributed by atoms with Crippen LogP contribution in [-0.4, -0.2) is 26.1 Å². The number of carbonyl (C=O) groups excluding carboxylic acids is 1. The Morgan fingerprint density at radius 1 is 1.18 bits per heavy atom. The zero-order valence-electron chi connectivity index (χ0n) is 15.5. The molecule has 0 aliphatic carbocycles. The standard InChI is InChI=1S/C19H18N6O2S/c1-9-8-14(25-24-9)27-13-6-4-12(5-7-13)23-18(26)16-10(2)15-17(20)21-11(3)22-19(15)28-16/h4-8H,1-3H3,(H,23,26)(H,24,25)(H2,20,21,22). The van der Waals surface area contributed by atoms with E-state index in [1.54, 1.807) is 37.3 Å². The molecular weight excluding hydrogens is 376 g/mol. The van der Waals surface area contributed by atoms with Gasteiger partial charge in [-0.15, -0.1) is 16.4 Å². The Hall–Kier alpha value is -3.46. The van der Waals surface area contributed by atoms with Crippen molar-refractivity contribution in [1.82, 2.24) is 20.2 Å². The molecule has 0 fully saturated rings. The summed E-state index contributed by atoms with van der Waals surface area (Å²) in [5.41, 5.74) is 8.36. The second-order valence-corrected chi connectivity index (χ2v) is 7.36. The zero-order chi connectivity index (χ0) is 19.8. The molecule has 0 aliphatic rings. The maximum Gasteiger partial charge on any atom is 0.266 e. The van der Waals surface area contributed by atoms with Crippen molar-refractivity contribution < 1.29 is 9.53 Å². The first-order chi connectivity index (χ1) is 13.4. The van der Waals surface area contributed by atoms with Gasteiger partial charge in [0.1, 0.15) is 22.2 Å². The summed E-state index contributed by atoms with van der Waals surface area (Å²) in [6.45, 7) is 5.53. The minimum absolute atomic E-state index is 0.214. The van der Waals surface area contributed by atoms with Crippen LogP contribution in [0.1, 0.15) is 26.8 Å². The number of carbonyl (C=O) groups is 1. The van der Waals surface area contributed by atoms with Crippen molar-refractivity contribution in [3.63, 3.8) is 0 Å². The largest absolute Gasteiger partial charge is 0.438 e. The van der Waals surface area contributed by atoms with E-state index in [0.29, 0.717) is 38.7 Å². The number of hydrogen-bond donors (Lipinski definition) is 3. The number of aromatic amines is 1. The average molecular weight is 394 g/mol. The minimum Gasteiger partial charge on any atom is -0.438 e. The lowest BCUT2D eigenvalue weighted by molar-refractivity contribution is 0.103. The average Bonchev–Trinajstić information content (AvgIpc) is 3.19. The van der Waals surface area contributed by atoms with Gasteiger partial charge in [-0.25, -0.2) is 9.97 Å². The van der Waals surface area contributed by atoms with Gasteiger partial charge in [0, 0.05) is 17.4 Å². The van der Waals surface area contributed by atoms with Gasteiger partial charge in [-0.05, 0) is 50.6 Å². The van der Waals surface area contributed by atoms with Gasteiger partial charge in [-0.3, -0.25) is 9.89 Å². The molecule has 0 unspecified atom stereocenters. The van der Waals surface area contributed by atoms with Gasteiger partial charge in [0.05, 0.1) is 10.3 Å². The molecular formula is C19H18N6O2S. The first-order valence-corrected chi connectivity index (χ1v) is 9.37. The van der Waals surface area contributed by atoms with E-state index in [0.717, 1.165) is 16.6 Å². The molecule has 9 heteroatoms. The van der Waals surface area contributed by atoms with E-state index in [1.165, 1.54) is 11.3 Å². The van der Waals surface area contributed by atoms with Crippen molar-refractivity contribution in [3.8, 4) is 11.6 Å². The third kappa shape index (κ3) is 3.39. The number of hydrogen-bond acceptors (Lipinski definition) is 7. The van der Waals surface area contributed by atoms with E-state index in [9.17, 15) is 4.79 Å². The zero-order valence-corrected chi connectivity index (χ0v) is 16.3. The first kappa shape index (κ1) is 17.9. The van der Waals surface area contributed by atoms with Crippen LogP contribution in [-0.2, 0) is 0 Å². The lowest BCUT2D eigenvalue weighted by atomic mass is 10.2. The maximum atomic E-state index is 12.7. The summed E-state index contributed by atoms with van der Waals surface area (Å²) in [5.74, 6) is 1.88. The van der Waals surface area contributed by atoms with Crippen LogP contribution >= 0.6 is 11.3 Å². The first-order valence-electron chi connectivity index (χ1n) is 8.55. The van der Waals surface area contributed by atoms with E-state index in [4.69, 9.17) is 10.5 Å². The van der Waals surface area contributed by atoms with E-state index >= 15 is 0 Å². The predicted octanol–water partition coefficient (Wildman–Crippen LogP) is 3.97. The molecule has 0 saturated heterocycles. The van der Waals surface area contributed by atoms with Gasteiger partial charge in [0.2, 0.25) is 5.88 Å². The number of nitrogens with one attached hydrogen (secondary N) is 2. The molecule has 0 radical (unpaired) electrons. The number of aromatic nitrogens is 4. The van der Waals surface area contributed by atoms with E-state index in [2.05, 4.69) is 25.5 Å². The summed E-state index contributed by atoms with van der Waals surface area (Å²) in [4.78, 5) is 22.6. The van der Waals surface area contributed by atoms with E-state index in [-0.39, 0.29) is 5.91 Å². The number of aryl methyl sites for hydroxylation is 3. The minimum atomic E-state index is -0.214. The number of nitrogens with two attached hydrogens (primary N) is 1. The highest BCUT2D eigenvalue weighted by Gasteiger charge is 2.19. The predicted molar refractivity (Wildman–Crippen MR) is 109 cm³/mol. The number of nitrogen functional groups attached to an aromatic ring is 1. The third-order valence-electron chi connectivity index (χ3n) is 4.15. The van der Waals surface area contributed by atoms with Crippen molar-refractivity contribution in [2.45, 2.75) is 20.8 Å². The van der Waals surface area contributed by atoms with Crippen molar-refractivity contribution >= 4 is 39.0 Å². The number of fused-ring (bicyclic) bond motifs is 1. The summed E-state index contributed by atoms with van der Waals surface area (Å²) in [6.07, 6.45) is 0. The molecule has 0 saturated carbocycles. The normalized spacial score (nSPS) is 11.0. The van der Waals surface area contributed by atoms with Crippen molar-refractivity contribution in [1.29, 1.82) is 0 Å². The summed E-state index contributed by atoms with van der Waals surface area (Å²) in [7, 11) is 0. The van der Waals surface area contributed by atoms with Gasteiger partial charge in [-0.2, -0.15) is 0 Å². The Kier molecular flexibility index (Phi) is 4.44. The molecule has 0 bridgehead atoms. The number of ether oxygens (including phenoxy) is 1. The van der Waals surface area contributed by atoms with Crippen molar-refractivity contribution in [2.24, 2.45) is 0 Å². The van der Waals surface area contributed by atoms with Crippen LogP contribution in [0.3, 0.4) is 0 Å². The summed E-state index contributed by atoms with van der Waals surface area (Å²) < 4.78 is 5.65. The highest BCUT2D eigenvalue weighted by atomic mass is 32.1. The molecule has 4 aromatic rings. The Labute approximate surface area is 164 Å². The van der Waals surface area contributed by atoms with Gasteiger partial charge >= 0.3 is 0 Å². The SMILES string of the molecule is Cc1nc(N)c2c(C)c(C(=O)Nc3ccc(Oc4cc(C)[nH]n4)cc3)sc2n1. The van der Waals surface area contributed by atoms with Gasteiger partial charge in [0.25, 0.3) is 5.91 Å². The number of nitrogens with zero attached hydrogens (tertiary/aromatic N) is 3. The van der Waals surface area contributed by atoms with Crippen LogP contribution < -0.4 is 15.8 Å². The molecule has 1 aromatic carbocycles. The van der Waals surface area contributed by atoms with Crippen LogP contribution in [0.5, 0.6) is 11.6 Å². The van der Waals surface area contributed by atoms with Crippen LogP contribution in [0.15, 0.2) is 30.3 Å². The fourth-order valence-electron chi connectivity index (χ4n) is 2.86. The number of benzene rings is 1. The number of amides is 1. The third-order valence-corrected chi connectivity index (χ3v) is 5.34. The summed E-state index contributed by atoms with van der Waals surface area (Å²) >= 11 is 1.31.